The highest BCUT2D eigenvalue weighted by Gasteiger charge is 2.37. The molecule has 1 fully saturated rings. The van der Waals surface area contributed by atoms with Crippen LogP contribution in [0.5, 0.6) is 0 Å². The van der Waals surface area contributed by atoms with Gasteiger partial charge in [0.25, 0.3) is 11.8 Å². The molecule has 3 aromatic carbocycles. The smallest absolute Gasteiger partial charge is 0.306 e. The second-order valence-electron chi connectivity index (χ2n) is 10.1. The third kappa shape index (κ3) is 5.87. The van der Waals surface area contributed by atoms with Crippen LogP contribution in [0.25, 0.3) is 5.57 Å². The summed E-state index contributed by atoms with van der Waals surface area (Å²) in [5.41, 5.74) is 4.47. The fraction of sp³-hybridized carbons (Fsp3) is 0.281. The van der Waals surface area contributed by atoms with E-state index < -0.39 is 11.9 Å². The average Bonchev–Trinajstić information content (AvgIpc) is 2.99. The van der Waals surface area contributed by atoms with Gasteiger partial charge in [-0.05, 0) is 54.5 Å². The molecule has 0 radical (unpaired) electrons. The number of rotatable bonds is 8. The number of aryl methyl sites for hydroxylation is 1. The largest absolute Gasteiger partial charge is 0.481 e. The fourth-order valence-electron chi connectivity index (χ4n) is 5.40. The summed E-state index contributed by atoms with van der Waals surface area (Å²) in [5, 5.41) is 12.5. The van der Waals surface area contributed by atoms with Crippen LogP contribution in [0, 0.1) is 5.92 Å². The van der Waals surface area contributed by atoms with Crippen LogP contribution in [0.1, 0.15) is 36.0 Å². The summed E-state index contributed by atoms with van der Waals surface area (Å²) in [4.78, 5) is 43.1. The number of amides is 2. The molecule has 7 nitrogen and oxygen atoms in total. The molecule has 5 rings (SSSR count). The molecule has 0 saturated carbocycles. The van der Waals surface area contributed by atoms with Gasteiger partial charge in [0.15, 0.2) is 0 Å². The van der Waals surface area contributed by atoms with Crippen LogP contribution < -0.4 is 10.2 Å². The van der Waals surface area contributed by atoms with Crippen molar-refractivity contribution in [2.45, 2.75) is 32.2 Å². The van der Waals surface area contributed by atoms with Crippen molar-refractivity contribution in [3.63, 3.8) is 0 Å². The molecule has 200 valence electrons. The standard InChI is InChI=1S/C32H33N3O4/c36-30(33-19-9-12-23-10-3-1-4-11-23)28-27-16-8-7-13-25(27)22-35(26-14-5-2-6-15-26)29(28)31(37)34-20-17-24(18-21-34)32(38)39/h1-8,10-11,13-16,24H,9,12,17-22H2,(H,33,36)(H,38,39). The van der Waals surface area contributed by atoms with E-state index in [9.17, 15) is 19.5 Å². The highest BCUT2D eigenvalue weighted by Crippen LogP contribution is 2.37. The molecular formula is C32H33N3O4. The number of benzene rings is 3. The molecule has 0 bridgehead atoms. The van der Waals surface area contributed by atoms with Gasteiger partial charge in [0.05, 0.1) is 11.5 Å². The van der Waals surface area contributed by atoms with Crippen LogP contribution in [0.2, 0.25) is 0 Å². The van der Waals surface area contributed by atoms with Gasteiger partial charge < -0.3 is 20.2 Å². The number of piperidine rings is 1. The normalized spacial score (nSPS) is 15.6. The van der Waals surface area contributed by atoms with Crippen molar-refractivity contribution in [1.82, 2.24) is 10.2 Å². The molecule has 0 unspecified atom stereocenters. The number of carboxylic acids is 1. The van der Waals surface area contributed by atoms with E-state index in [1.807, 2.05) is 77.7 Å². The molecule has 1 saturated heterocycles. The maximum Gasteiger partial charge on any atom is 0.306 e. The van der Waals surface area contributed by atoms with Gasteiger partial charge in [-0.2, -0.15) is 0 Å². The van der Waals surface area contributed by atoms with Crippen LogP contribution in [0.3, 0.4) is 0 Å². The first-order chi connectivity index (χ1) is 19.0. The molecule has 7 heteroatoms. The number of carbonyl (C=O) groups excluding carboxylic acids is 2. The zero-order valence-corrected chi connectivity index (χ0v) is 21.9. The van der Waals surface area contributed by atoms with E-state index in [0.29, 0.717) is 50.3 Å². The van der Waals surface area contributed by atoms with E-state index in [0.717, 1.165) is 29.7 Å². The number of likely N-dealkylation sites (tertiary alicyclic amines) is 1. The van der Waals surface area contributed by atoms with Crippen LogP contribution in [-0.2, 0) is 27.3 Å². The van der Waals surface area contributed by atoms with Gasteiger partial charge in [0, 0.05) is 31.9 Å². The first kappa shape index (κ1) is 26.2. The van der Waals surface area contributed by atoms with Gasteiger partial charge in [0.1, 0.15) is 5.70 Å². The number of anilines is 1. The van der Waals surface area contributed by atoms with Crippen LogP contribution in [-0.4, -0.2) is 47.4 Å². The number of nitrogens with one attached hydrogen (secondary N) is 1. The Hall–Kier alpha value is -4.39. The minimum absolute atomic E-state index is 0.244. The predicted octanol–water partition coefficient (Wildman–Crippen LogP) is 4.49. The lowest BCUT2D eigenvalue weighted by Crippen LogP contribution is -2.46. The molecular weight excluding hydrogens is 490 g/mol. The lowest BCUT2D eigenvalue weighted by Gasteiger charge is -2.38. The third-order valence-electron chi connectivity index (χ3n) is 7.52. The summed E-state index contributed by atoms with van der Waals surface area (Å²) in [7, 11) is 0. The van der Waals surface area contributed by atoms with E-state index in [1.165, 1.54) is 5.56 Å². The van der Waals surface area contributed by atoms with Crippen molar-refractivity contribution in [2.75, 3.05) is 24.5 Å². The fourth-order valence-corrected chi connectivity index (χ4v) is 5.40. The van der Waals surface area contributed by atoms with E-state index in [1.54, 1.807) is 4.90 Å². The summed E-state index contributed by atoms with van der Waals surface area (Å²) >= 11 is 0. The van der Waals surface area contributed by atoms with E-state index >= 15 is 0 Å². The Labute approximate surface area is 228 Å². The Kier molecular flexibility index (Phi) is 8.06. The number of carboxylic acid groups (broad SMARTS) is 1. The molecule has 0 atom stereocenters. The van der Waals surface area contributed by atoms with Crippen molar-refractivity contribution in [3.8, 4) is 0 Å². The maximum absolute atomic E-state index is 14.2. The molecule has 0 aliphatic carbocycles. The predicted molar refractivity (Wildman–Crippen MR) is 151 cm³/mol. The lowest BCUT2D eigenvalue weighted by molar-refractivity contribution is -0.145. The van der Waals surface area contributed by atoms with Crippen LogP contribution >= 0.6 is 0 Å². The van der Waals surface area contributed by atoms with Crippen molar-refractivity contribution >= 4 is 29.0 Å². The Morgan fingerprint density at radius 1 is 0.846 bits per heavy atom. The Morgan fingerprint density at radius 3 is 2.18 bits per heavy atom. The minimum atomic E-state index is -0.825. The highest BCUT2D eigenvalue weighted by atomic mass is 16.4. The molecule has 3 aromatic rings. The van der Waals surface area contributed by atoms with Crippen molar-refractivity contribution in [3.05, 3.63) is 107 Å². The average molecular weight is 524 g/mol. The second kappa shape index (κ2) is 12.0. The second-order valence-corrected chi connectivity index (χ2v) is 10.1. The lowest BCUT2D eigenvalue weighted by atomic mass is 9.90. The molecule has 0 spiro atoms. The molecule has 2 heterocycles. The van der Waals surface area contributed by atoms with Gasteiger partial charge in [0.2, 0.25) is 0 Å². The Morgan fingerprint density at radius 2 is 1.49 bits per heavy atom. The van der Waals surface area contributed by atoms with Crippen molar-refractivity contribution in [2.24, 2.45) is 5.92 Å². The maximum atomic E-state index is 14.2. The van der Waals surface area contributed by atoms with Gasteiger partial charge in [-0.15, -0.1) is 0 Å². The van der Waals surface area contributed by atoms with Crippen molar-refractivity contribution in [1.29, 1.82) is 0 Å². The topological polar surface area (TPSA) is 90.0 Å². The van der Waals surface area contributed by atoms with Gasteiger partial charge in [-0.1, -0.05) is 72.8 Å². The number of nitrogens with zero attached hydrogens (tertiary/aromatic N) is 2. The number of aliphatic carboxylic acids is 1. The van der Waals surface area contributed by atoms with E-state index in [4.69, 9.17) is 0 Å². The van der Waals surface area contributed by atoms with Crippen LogP contribution in [0.4, 0.5) is 5.69 Å². The Balaban J connectivity index is 1.48. The summed E-state index contributed by atoms with van der Waals surface area (Å²) < 4.78 is 0. The van der Waals surface area contributed by atoms with Gasteiger partial charge >= 0.3 is 5.97 Å². The third-order valence-corrected chi connectivity index (χ3v) is 7.52. The van der Waals surface area contributed by atoms with E-state index in [2.05, 4.69) is 17.4 Å². The zero-order chi connectivity index (χ0) is 27.2. The first-order valence-corrected chi connectivity index (χ1v) is 13.5. The van der Waals surface area contributed by atoms with E-state index in [-0.39, 0.29) is 11.8 Å². The number of fused-ring (bicyclic) bond motifs is 1. The van der Waals surface area contributed by atoms with Crippen molar-refractivity contribution < 1.29 is 19.5 Å². The number of para-hydroxylation sites is 1. The number of hydrogen-bond donors (Lipinski definition) is 2. The minimum Gasteiger partial charge on any atom is -0.481 e. The molecule has 0 aromatic heterocycles. The molecule has 2 amide bonds. The summed E-state index contributed by atoms with van der Waals surface area (Å²) in [6.07, 6.45) is 2.42. The summed E-state index contributed by atoms with van der Waals surface area (Å²) in [6.45, 7) is 1.62. The molecule has 39 heavy (non-hydrogen) atoms. The summed E-state index contributed by atoms with van der Waals surface area (Å²) in [6, 6.07) is 27.5. The first-order valence-electron chi connectivity index (χ1n) is 13.5. The monoisotopic (exact) mass is 523 g/mol. The quantitative estimate of drug-likeness (QED) is 0.425. The van der Waals surface area contributed by atoms with Crippen LogP contribution in [0.15, 0.2) is 90.6 Å². The SMILES string of the molecule is O=C(NCCCc1ccccc1)C1=C(C(=O)N2CCC(C(=O)O)CC2)N(c2ccccc2)Cc2ccccc21. The summed E-state index contributed by atoms with van der Waals surface area (Å²) in [5.74, 6) is -1.80. The number of carbonyl (C=O) groups is 3. The molecule has 2 N–H and O–H groups in total. The van der Waals surface area contributed by atoms with Gasteiger partial charge in [-0.3, -0.25) is 14.4 Å². The Bertz CT molecular complexity index is 1360. The zero-order valence-electron chi connectivity index (χ0n) is 21.9. The number of hydrogen-bond acceptors (Lipinski definition) is 4. The molecule has 2 aliphatic heterocycles. The molecule has 2 aliphatic rings. The van der Waals surface area contributed by atoms with Gasteiger partial charge in [-0.25, -0.2) is 0 Å². The highest BCUT2D eigenvalue weighted by molar-refractivity contribution is 6.27.